The highest BCUT2D eigenvalue weighted by Gasteiger charge is 2.25. The van der Waals surface area contributed by atoms with Crippen LogP contribution in [0.4, 0.5) is 4.79 Å². The molecule has 0 aliphatic heterocycles. The van der Waals surface area contributed by atoms with E-state index in [1.165, 1.54) is 7.05 Å². The number of carboxylic acid groups (broad SMARTS) is 1. The summed E-state index contributed by atoms with van der Waals surface area (Å²) in [5.74, 6) is -1.34. The second-order valence-corrected chi connectivity index (χ2v) is 6.58. The molecule has 1 rings (SSSR count). The Balaban J connectivity index is 2.63. The highest BCUT2D eigenvalue weighted by molar-refractivity contribution is 5.88. The molecule has 7 nitrogen and oxygen atoms in total. The van der Waals surface area contributed by atoms with E-state index < -0.39 is 30.5 Å². The third-order valence-corrected chi connectivity index (χ3v) is 3.63. The highest BCUT2D eigenvalue weighted by Crippen LogP contribution is 2.08. The molecular weight excluding hydrogens is 322 g/mol. The number of carboxylic acids is 1. The largest absolute Gasteiger partial charge is 0.480 e. The second kappa shape index (κ2) is 9.66. The fourth-order valence-corrected chi connectivity index (χ4v) is 2.34. The summed E-state index contributed by atoms with van der Waals surface area (Å²) in [6, 6.07) is 6.55. The molecule has 138 valence electrons. The normalized spacial score (nSPS) is 11.7. The number of hydrogen-bond donors (Lipinski definition) is 3. The zero-order valence-corrected chi connectivity index (χ0v) is 15.2. The molecule has 0 spiro atoms. The minimum Gasteiger partial charge on any atom is -0.480 e. The van der Waals surface area contributed by atoms with E-state index in [0.717, 1.165) is 16.0 Å². The van der Waals surface area contributed by atoms with Gasteiger partial charge in [0, 0.05) is 13.6 Å². The SMILES string of the molecule is Cc1ccc(CNC(=O)NC(CC(C)C)C(=O)N(C)CC(=O)O)cc1. The van der Waals surface area contributed by atoms with E-state index in [9.17, 15) is 14.4 Å². The summed E-state index contributed by atoms with van der Waals surface area (Å²) in [4.78, 5) is 36.4. The van der Waals surface area contributed by atoms with Gasteiger partial charge in [-0.05, 0) is 24.8 Å². The lowest BCUT2D eigenvalue weighted by molar-refractivity contribution is -0.144. The van der Waals surface area contributed by atoms with Crippen LogP contribution in [0.3, 0.4) is 0 Å². The van der Waals surface area contributed by atoms with Crippen LogP contribution in [0.1, 0.15) is 31.4 Å². The summed E-state index contributed by atoms with van der Waals surface area (Å²) >= 11 is 0. The lowest BCUT2D eigenvalue weighted by Crippen LogP contribution is -2.51. The van der Waals surface area contributed by atoms with Crippen molar-refractivity contribution in [1.82, 2.24) is 15.5 Å². The summed E-state index contributed by atoms with van der Waals surface area (Å²) in [5, 5.41) is 14.2. The third-order valence-electron chi connectivity index (χ3n) is 3.63. The molecule has 0 heterocycles. The first kappa shape index (κ1) is 20.5. The van der Waals surface area contributed by atoms with Crippen molar-refractivity contribution in [3.63, 3.8) is 0 Å². The van der Waals surface area contributed by atoms with Crippen molar-refractivity contribution in [2.75, 3.05) is 13.6 Å². The Kier molecular flexibility index (Phi) is 7.91. The molecule has 1 atom stereocenters. The van der Waals surface area contributed by atoms with Gasteiger partial charge in [-0.1, -0.05) is 43.7 Å². The molecule has 1 aromatic rings. The number of aryl methyl sites for hydroxylation is 1. The van der Waals surface area contributed by atoms with Gasteiger partial charge in [0.1, 0.15) is 12.6 Å². The molecule has 0 radical (unpaired) electrons. The summed E-state index contributed by atoms with van der Waals surface area (Å²) < 4.78 is 0. The molecule has 0 aliphatic rings. The molecule has 3 N–H and O–H groups in total. The Morgan fingerprint density at radius 1 is 1.16 bits per heavy atom. The van der Waals surface area contributed by atoms with Crippen molar-refractivity contribution in [2.45, 2.75) is 39.8 Å². The average Bonchev–Trinajstić information content (AvgIpc) is 2.52. The van der Waals surface area contributed by atoms with Crippen LogP contribution in [-0.4, -0.2) is 47.5 Å². The van der Waals surface area contributed by atoms with Crippen molar-refractivity contribution in [3.05, 3.63) is 35.4 Å². The maximum atomic E-state index is 12.4. The molecule has 0 aromatic heterocycles. The van der Waals surface area contributed by atoms with Gasteiger partial charge in [-0.15, -0.1) is 0 Å². The van der Waals surface area contributed by atoms with Crippen molar-refractivity contribution >= 4 is 17.9 Å². The number of nitrogens with one attached hydrogen (secondary N) is 2. The minimum atomic E-state index is -1.09. The Labute approximate surface area is 148 Å². The van der Waals surface area contributed by atoms with Crippen LogP contribution in [0, 0.1) is 12.8 Å². The maximum Gasteiger partial charge on any atom is 0.323 e. The molecule has 0 bridgehead atoms. The molecular formula is C18H27N3O4. The topological polar surface area (TPSA) is 98.7 Å². The zero-order chi connectivity index (χ0) is 19.0. The van der Waals surface area contributed by atoms with Gasteiger partial charge in [0.2, 0.25) is 5.91 Å². The number of carbonyl (C=O) groups is 3. The number of urea groups is 1. The molecule has 25 heavy (non-hydrogen) atoms. The number of likely N-dealkylation sites (N-methyl/N-ethyl adjacent to an activating group) is 1. The first-order chi connectivity index (χ1) is 11.7. The quantitative estimate of drug-likeness (QED) is 0.666. The van der Waals surface area contributed by atoms with Crippen LogP contribution >= 0.6 is 0 Å². The molecule has 0 aliphatic carbocycles. The Hall–Kier alpha value is -2.57. The van der Waals surface area contributed by atoms with Gasteiger partial charge < -0.3 is 20.6 Å². The van der Waals surface area contributed by atoms with Gasteiger partial charge in [-0.2, -0.15) is 0 Å². The van der Waals surface area contributed by atoms with Gasteiger partial charge in [0.15, 0.2) is 0 Å². The predicted molar refractivity (Wildman–Crippen MR) is 95.1 cm³/mol. The smallest absolute Gasteiger partial charge is 0.323 e. The molecule has 0 fully saturated rings. The van der Waals surface area contributed by atoms with Crippen LogP contribution in [-0.2, 0) is 16.1 Å². The van der Waals surface area contributed by atoms with Crippen molar-refractivity contribution in [1.29, 1.82) is 0 Å². The number of amides is 3. The molecule has 0 saturated carbocycles. The van der Waals surface area contributed by atoms with Crippen LogP contribution in [0.25, 0.3) is 0 Å². The molecule has 7 heteroatoms. The van der Waals surface area contributed by atoms with E-state index in [0.29, 0.717) is 13.0 Å². The zero-order valence-electron chi connectivity index (χ0n) is 15.2. The minimum absolute atomic E-state index is 0.171. The predicted octanol–water partition coefficient (Wildman–Crippen LogP) is 1.75. The van der Waals surface area contributed by atoms with Crippen molar-refractivity contribution in [3.8, 4) is 0 Å². The lowest BCUT2D eigenvalue weighted by Gasteiger charge is -2.24. The van der Waals surface area contributed by atoms with E-state index in [1.54, 1.807) is 0 Å². The van der Waals surface area contributed by atoms with Crippen molar-refractivity contribution in [2.24, 2.45) is 5.92 Å². The van der Waals surface area contributed by atoms with Gasteiger partial charge in [0.25, 0.3) is 0 Å². The highest BCUT2D eigenvalue weighted by atomic mass is 16.4. The van der Waals surface area contributed by atoms with Crippen LogP contribution in [0.2, 0.25) is 0 Å². The fraction of sp³-hybridized carbons (Fsp3) is 0.500. The number of hydrogen-bond acceptors (Lipinski definition) is 3. The van der Waals surface area contributed by atoms with Crippen LogP contribution in [0.15, 0.2) is 24.3 Å². The molecule has 0 saturated heterocycles. The van der Waals surface area contributed by atoms with E-state index in [-0.39, 0.29) is 5.92 Å². The summed E-state index contributed by atoms with van der Waals surface area (Å²) in [6.07, 6.45) is 0.431. The monoisotopic (exact) mass is 349 g/mol. The summed E-state index contributed by atoms with van der Waals surface area (Å²) in [7, 11) is 1.41. The van der Waals surface area contributed by atoms with Crippen LogP contribution in [0.5, 0.6) is 0 Å². The van der Waals surface area contributed by atoms with Gasteiger partial charge in [0.05, 0.1) is 0 Å². The standard InChI is InChI=1S/C18H27N3O4/c1-12(2)9-15(17(24)21(4)11-16(22)23)20-18(25)19-10-14-7-5-13(3)6-8-14/h5-8,12,15H,9-11H2,1-4H3,(H,22,23)(H2,19,20,25). The Bertz CT molecular complexity index is 599. The van der Waals surface area contributed by atoms with E-state index in [4.69, 9.17) is 5.11 Å². The first-order valence-corrected chi connectivity index (χ1v) is 8.25. The van der Waals surface area contributed by atoms with Gasteiger partial charge >= 0.3 is 12.0 Å². The van der Waals surface area contributed by atoms with E-state index in [1.807, 2.05) is 45.0 Å². The number of carbonyl (C=O) groups excluding carboxylic acids is 2. The Morgan fingerprint density at radius 3 is 2.28 bits per heavy atom. The molecule has 1 unspecified atom stereocenters. The summed E-state index contributed by atoms with van der Waals surface area (Å²) in [6.45, 7) is 5.80. The number of benzene rings is 1. The Morgan fingerprint density at radius 2 is 1.76 bits per heavy atom. The van der Waals surface area contributed by atoms with Gasteiger partial charge in [-0.3, -0.25) is 9.59 Å². The van der Waals surface area contributed by atoms with E-state index >= 15 is 0 Å². The number of rotatable bonds is 8. The maximum absolute atomic E-state index is 12.4. The average molecular weight is 349 g/mol. The molecule has 3 amide bonds. The summed E-state index contributed by atoms with van der Waals surface area (Å²) in [5.41, 5.74) is 2.09. The first-order valence-electron chi connectivity index (χ1n) is 8.25. The molecule has 1 aromatic carbocycles. The van der Waals surface area contributed by atoms with Crippen LogP contribution < -0.4 is 10.6 Å². The third kappa shape index (κ3) is 7.69. The van der Waals surface area contributed by atoms with Crippen molar-refractivity contribution < 1.29 is 19.5 Å². The lowest BCUT2D eigenvalue weighted by atomic mass is 10.0. The second-order valence-electron chi connectivity index (χ2n) is 6.58. The van der Waals surface area contributed by atoms with Gasteiger partial charge in [-0.25, -0.2) is 4.79 Å². The fourth-order valence-electron chi connectivity index (χ4n) is 2.34. The van der Waals surface area contributed by atoms with E-state index in [2.05, 4.69) is 10.6 Å². The number of aliphatic carboxylic acids is 1. The number of nitrogens with zero attached hydrogens (tertiary/aromatic N) is 1.